The van der Waals surface area contributed by atoms with Crippen molar-refractivity contribution in [3.63, 3.8) is 0 Å². The Balaban J connectivity index is 2.47. The van der Waals surface area contributed by atoms with Crippen LogP contribution in [0.4, 0.5) is 0 Å². The van der Waals surface area contributed by atoms with E-state index < -0.39 is 22.4 Å². The van der Waals surface area contributed by atoms with Gasteiger partial charge in [-0.15, -0.1) is 0 Å². The second-order valence-corrected chi connectivity index (χ2v) is 4.76. The molecule has 0 aromatic rings. The van der Waals surface area contributed by atoms with Crippen molar-refractivity contribution in [3.8, 4) is 0 Å². The average molecular weight is 194 g/mol. The summed E-state index contributed by atoms with van der Waals surface area (Å²) in [6.45, 7) is 0. The fourth-order valence-electron chi connectivity index (χ4n) is 0.691. The lowest BCUT2D eigenvalue weighted by molar-refractivity contribution is -0.137. The zero-order chi connectivity index (χ0) is 8.43. The summed E-state index contributed by atoms with van der Waals surface area (Å²) in [5.41, 5.74) is 0. The van der Waals surface area contributed by atoms with E-state index in [1.165, 1.54) is 0 Å². The summed E-state index contributed by atoms with van der Waals surface area (Å²) in [4.78, 5) is 20.7. The first-order valence-corrected chi connectivity index (χ1v) is 5.16. The average Bonchev–Trinajstić information content (AvgIpc) is 2.33. The second kappa shape index (κ2) is 3.36. The summed E-state index contributed by atoms with van der Waals surface area (Å²) in [6, 6.07) is 0. The highest BCUT2D eigenvalue weighted by atomic mass is 33.1. The second-order valence-electron chi connectivity index (χ2n) is 2.08. The van der Waals surface area contributed by atoms with E-state index in [2.05, 4.69) is 0 Å². The van der Waals surface area contributed by atoms with Crippen LogP contribution < -0.4 is 0 Å². The Kier molecular flexibility index (Phi) is 2.67. The van der Waals surface area contributed by atoms with Gasteiger partial charge in [0.2, 0.25) is 0 Å². The molecule has 2 N–H and O–H groups in total. The van der Waals surface area contributed by atoms with Gasteiger partial charge in [0.05, 0.1) is 0 Å². The predicted octanol–water partition coefficient (Wildman–Crippen LogP) is 0.678. The van der Waals surface area contributed by atoms with E-state index in [9.17, 15) is 9.59 Å². The first-order valence-electron chi connectivity index (χ1n) is 2.89. The lowest BCUT2D eigenvalue weighted by Crippen LogP contribution is -2.19. The van der Waals surface area contributed by atoms with Crippen LogP contribution in [0.15, 0.2) is 0 Å². The van der Waals surface area contributed by atoms with Crippen LogP contribution >= 0.6 is 21.6 Å². The Morgan fingerprint density at radius 1 is 1.09 bits per heavy atom. The molecule has 1 saturated heterocycles. The molecule has 1 aliphatic rings. The smallest absolute Gasteiger partial charge is 0.317 e. The quantitative estimate of drug-likeness (QED) is 0.629. The van der Waals surface area contributed by atoms with Gasteiger partial charge < -0.3 is 10.2 Å². The van der Waals surface area contributed by atoms with Crippen molar-refractivity contribution in [2.75, 3.05) is 0 Å². The first-order chi connectivity index (χ1) is 5.11. The molecule has 0 aliphatic carbocycles. The molecule has 0 unspecified atom stereocenters. The van der Waals surface area contributed by atoms with Crippen LogP contribution in [0.25, 0.3) is 0 Å². The number of carbonyl (C=O) groups is 2. The first kappa shape index (κ1) is 8.73. The maximum atomic E-state index is 10.3. The van der Waals surface area contributed by atoms with Crippen molar-refractivity contribution in [3.05, 3.63) is 0 Å². The normalized spacial score (nSPS) is 30.2. The zero-order valence-electron chi connectivity index (χ0n) is 5.39. The maximum absolute atomic E-state index is 10.3. The van der Waals surface area contributed by atoms with E-state index in [0.717, 1.165) is 21.6 Å². The van der Waals surface area contributed by atoms with Gasteiger partial charge in [0, 0.05) is 0 Å². The molecule has 1 heterocycles. The third-order valence-electron chi connectivity index (χ3n) is 1.27. The highest BCUT2D eigenvalue weighted by Gasteiger charge is 2.35. The van der Waals surface area contributed by atoms with Gasteiger partial charge in [0.25, 0.3) is 0 Å². The molecule has 62 valence electrons. The van der Waals surface area contributed by atoms with E-state index in [0.29, 0.717) is 0 Å². The number of carboxylic acids is 2. The third kappa shape index (κ3) is 2.03. The monoisotopic (exact) mass is 194 g/mol. The summed E-state index contributed by atoms with van der Waals surface area (Å²) < 4.78 is 0. The lowest BCUT2D eigenvalue weighted by atomic mass is 10.2. The van der Waals surface area contributed by atoms with Gasteiger partial charge in [-0.25, -0.2) is 0 Å². The molecule has 0 amide bonds. The molecule has 2 atom stereocenters. The molecule has 0 spiro atoms. The fourth-order valence-corrected chi connectivity index (χ4v) is 3.56. The Hall–Kier alpha value is -0.360. The van der Waals surface area contributed by atoms with Gasteiger partial charge in [0.1, 0.15) is 10.5 Å². The van der Waals surface area contributed by atoms with Crippen molar-refractivity contribution >= 4 is 33.5 Å². The molecule has 0 saturated carbocycles. The fraction of sp³-hybridized carbons (Fsp3) is 0.600. The molecule has 1 fully saturated rings. The Bertz CT molecular complexity index is 173. The molecule has 1 aliphatic heterocycles. The molecule has 11 heavy (non-hydrogen) atoms. The number of carboxylic acid groups (broad SMARTS) is 2. The van der Waals surface area contributed by atoms with Crippen LogP contribution in [0.1, 0.15) is 6.42 Å². The minimum absolute atomic E-state index is 0.222. The molecule has 0 aromatic carbocycles. The van der Waals surface area contributed by atoms with Crippen LogP contribution in [0, 0.1) is 0 Å². The van der Waals surface area contributed by atoms with Crippen LogP contribution in [0.2, 0.25) is 0 Å². The van der Waals surface area contributed by atoms with Crippen LogP contribution in [0.3, 0.4) is 0 Å². The summed E-state index contributed by atoms with van der Waals surface area (Å²) in [6.07, 6.45) is 0.222. The van der Waals surface area contributed by atoms with Gasteiger partial charge in [-0.05, 0) is 6.42 Å². The topological polar surface area (TPSA) is 74.6 Å². The summed E-state index contributed by atoms with van der Waals surface area (Å²) >= 11 is 0. The predicted molar refractivity (Wildman–Crippen MR) is 42.6 cm³/mol. The van der Waals surface area contributed by atoms with Gasteiger partial charge >= 0.3 is 11.9 Å². The van der Waals surface area contributed by atoms with Crippen LogP contribution in [0.5, 0.6) is 0 Å². The molecule has 0 aromatic heterocycles. The van der Waals surface area contributed by atoms with Gasteiger partial charge in [-0.1, -0.05) is 21.6 Å². The lowest BCUT2D eigenvalue weighted by Gasteiger charge is -1.98. The molecule has 6 heteroatoms. The standard InChI is InChI=1S/C5H6O4S2/c6-4(7)2-1-3(5(8)9)11-10-2/h2-3H,1H2,(H,6,7)(H,8,9)/t2-,3+. The third-order valence-corrected chi connectivity index (χ3v) is 4.36. The SMILES string of the molecule is O=C(O)[C@@H]1C[C@H](C(=O)O)SS1. The number of hydrogen-bond acceptors (Lipinski definition) is 4. The molecule has 0 radical (unpaired) electrons. The molecular weight excluding hydrogens is 188 g/mol. The Morgan fingerprint density at radius 2 is 1.45 bits per heavy atom. The Labute approximate surface area is 70.8 Å². The highest BCUT2D eigenvalue weighted by molar-refractivity contribution is 8.78. The van der Waals surface area contributed by atoms with Crippen LogP contribution in [-0.2, 0) is 9.59 Å². The zero-order valence-corrected chi connectivity index (χ0v) is 7.02. The molecule has 4 nitrogen and oxygen atoms in total. The van der Waals surface area contributed by atoms with E-state index in [-0.39, 0.29) is 6.42 Å². The van der Waals surface area contributed by atoms with E-state index in [1.54, 1.807) is 0 Å². The minimum atomic E-state index is -0.925. The maximum Gasteiger partial charge on any atom is 0.317 e. The Morgan fingerprint density at radius 3 is 1.64 bits per heavy atom. The van der Waals surface area contributed by atoms with Crippen LogP contribution in [-0.4, -0.2) is 32.7 Å². The largest absolute Gasteiger partial charge is 0.480 e. The summed E-state index contributed by atoms with van der Waals surface area (Å²) in [5, 5.41) is 15.9. The van der Waals surface area contributed by atoms with Crippen molar-refractivity contribution in [1.29, 1.82) is 0 Å². The van der Waals surface area contributed by atoms with E-state index in [1.807, 2.05) is 0 Å². The molecular formula is C5H6O4S2. The van der Waals surface area contributed by atoms with E-state index in [4.69, 9.17) is 10.2 Å². The van der Waals surface area contributed by atoms with Gasteiger partial charge in [-0.3, -0.25) is 9.59 Å². The minimum Gasteiger partial charge on any atom is -0.480 e. The number of aliphatic carboxylic acids is 2. The number of rotatable bonds is 2. The van der Waals surface area contributed by atoms with Crippen molar-refractivity contribution in [2.24, 2.45) is 0 Å². The van der Waals surface area contributed by atoms with Crippen molar-refractivity contribution < 1.29 is 19.8 Å². The van der Waals surface area contributed by atoms with Crippen molar-refractivity contribution in [1.82, 2.24) is 0 Å². The number of hydrogen-bond donors (Lipinski definition) is 2. The van der Waals surface area contributed by atoms with Gasteiger partial charge in [0.15, 0.2) is 0 Å². The van der Waals surface area contributed by atoms with E-state index >= 15 is 0 Å². The summed E-state index contributed by atoms with van der Waals surface area (Å²) in [5.74, 6) is -1.85. The molecule has 1 rings (SSSR count). The summed E-state index contributed by atoms with van der Waals surface area (Å²) in [7, 11) is 2.25. The van der Waals surface area contributed by atoms with Gasteiger partial charge in [-0.2, -0.15) is 0 Å². The highest BCUT2D eigenvalue weighted by Crippen LogP contribution is 2.43. The molecule has 0 bridgehead atoms. The van der Waals surface area contributed by atoms with Crippen molar-refractivity contribution in [2.45, 2.75) is 16.9 Å².